The Morgan fingerprint density at radius 2 is 1.84 bits per heavy atom. The SMILES string of the molecule is COc1cc(C(=O)Nc2cc(C)nn2C)c([N+](=O)[O-])c(OC)c1OC. The molecule has 1 aromatic carbocycles. The van der Waals surface area contributed by atoms with Gasteiger partial charge < -0.3 is 19.5 Å². The molecule has 1 aromatic heterocycles. The third-order valence-corrected chi connectivity index (χ3v) is 3.47. The lowest BCUT2D eigenvalue weighted by Crippen LogP contribution is -2.17. The minimum atomic E-state index is -0.704. The van der Waals surface area contributed by atoms with Gasteiger partial charge in [-0.05, 0) is 6.92 Å². The minimum absolute atomic E-state index is 0.0321. The molecule has 2 aromatic rings. The van der Waals surface area contributed by atoms with E-state index in [1.807, 2.05) is 0 Å². The minimum Gasteiger partial charge on any atom is -0.493 e. The molecule has 0 fully saturated rings. The number of hydrogen-bond donors (Lipinski definition) is 1. The normalized spacial score (nSPS) is 10.3. The second-order valence-electron chi connectivity index (χ2n) is 5.05. The number of nitrogens with zero attached hydrogens (tertiary/aromatic N) is 3. The summed E-state index contributed by atoms with van der Waals surface area (Å²) in [5, 5.41) is 18.2. The van der Waals surface area contributed by atoms with Gasteiger partial charge in [0.15, 0.2) is 5.75 Å². The monoisotopic (exact) mass is 350 g/mol. The van der Waals surface area contributed by atoms with Gasteiger partial charge >= 0.3 is 5.69 Å². The quantitative estimate of drug-likeness (QED) is 0.624. The Labute approximate surface area is 143 Å². The molecule has 1 heterocycles. The Kier molecular flexibility index (Phi) is 5.11. The predicted octanol–water partition coefficient (Wildman–Crippen LogP) is 1.91. The predicted molar refractivity (Wildman–Crippen MR) is 88.7 cm³/mol. The van der Waals surface area contributed by atoms with E-state index in [2.05, 4.69) is 10.4 Å². The number of aryl methyl sites for hydroxylation is 2. The van der Waals surface area contributed by atoms with E-state index in [1.165, 1.54) is 32.1 Å². The van der Waals surface area contributed by atoms with Crippen LogP contribution in [-0.2, 0) is 7.05 Å². The van der Waals surface area contributed by atoms with E-state index in [0.29, 0.717) is 11.5 Å². The highest BCUT2D eigenvalue weighted by Crippen LogP contribution is 2.46. The van der Waals surface area contributed by atoms with E-state index in [0.717, 1.165) is 0 Å². The molecule has 0 spiro atoms. The van der Waals surface area contributed by atoms with E-state index in [1.54, 1.807) is 20.0 Å². The first-order chi connectivity index (χ1) is 11.8. The summed E-state index contributed by atoms with van der Waals surface area (Å²) in [4.78, 5) is 23.5. The molecule has 0 aliphatic rings. The van der Waals surface area contributed by atoms with Crippen molar-refractivity contribution in [1.82, 2.24) is 9.78 Å². The largest absolute Gasteiger partial charge is 0.493 e. The van der Waals surface area contributed by atoms with Crippen molar-refractivity contribution in [3.63, 3.8) is 0 Å². The maximum Gasteiger partial charge on any atom is 0.327 e. The standard InChI is InChI=1S/C15H18N4O6/c1-8-6-11(18(2)17-8)16-15(20)9-7-10(23-3)13(24-4)14(25-5)12(9)19(21)22/h6-7H,1-5H3,(H,16,20). The van der Waals surface area contributed by atoms with Crippen molar-refractivity contribution in [1.29, 1.82) is 0 Å². The highest BCUT2D eigenvalue weighted by atomic mass is 16.6. The van der Waals surface area contributed by atoms with Crippen LogP contribution in [0, 0.1) is 17.0 Å². The van der Waals surface area contributed by atoms with Crippen molar-refractivity contribution < 1.29 is 23.9 Å². The maximum atomic E-state index is 12.6. The van der Waals surface area contributed by atoms with E-state index in [9.17, 15) is 14.9 Å². The number of benzene rings is 1. The average molecular weight is 350 g/mol. The molecule has 0 saturated carbocycles. The number of nitrogens with one attached hydrogen (secondary N) is 1. The number of carbonyl (C=O) groups excluding carboxylic acids is 1. The zero-order valence-electron chi connectivity index (χ0n) is 14.4. The summed E-state index contributed by atoms with van der Waals surface area (Å²) >= 11 is 0. The Hall–Kier alpha value is -3.30. The van der Waals surface area contributed by atoms with Crippen LogP contribution in [0.4, 0.5) is 11.5 Å². The lowest BCUT2D eigenvalue weighted by molar-refractivity contribution is -0.386. The second-order valence-corrected chi connectivity index (χ2v) is 5.05. The summed E-state index contributed by atoms with van der Waals surface area (Å²) in [7, 11) is 5.57. The van der Waals surface area contributed by atoms with Crippen LogP contribution in [0.25, 0.3) is 0 Å². The molecule has 0 unspecified atom stereocenters. The van der Waals surface area contributed by atoms with Gasteiger partial charge in [0.25, 0.3) is 5.91 Å². The Balaban J connectivity index is 2.60. The van der Waals surface area contributed by atoms with E-state index in [-0.39, 0.29) is 22.8 Å². The van der Waals surface area contributed by atoms with Gasteiger partial charge in [0.1, 0.15) is 11.4 Å². The average Bonchev–Trinajstić information content (AvgIpc) is 2.89. The molecular formula is C15H18N4O6. The number of carbonyl (C=O) groups is 1. The highest BCUT2D eigenvalue weighted by Gasteiger charge is 2.32. The van der Waals surface area contributed by atoms with Crippen LogP contribution in [0.15, 0.2) is 12.1 Å². The van der Waals surface area contributed by atoms with Crippen molar-refractivity contribution in [2.45, 2.75) is 6.92 Å². The molecule has 10 heteroatoms. The molecule has 2 rings (SSSR count). The zero-order valence-corrected chi connectivity index (χ0v) is 14.4. The number of aromatic nitrogens is 2. The highest BCUT2D eigenvalue weighted by molar-refractivity contribution is 6.08. The summed E-state index contributed by atoms with van der Waals surface area (Å²) < 4.78 is 16.8. The molecule has 134 valence electrons. The Morgan fingerprint density at radius 1 is 1.20 bits per heavy atom. The fourth-order valence-electron chi connectivity index (χ4n) is 2.41. The van der Waals surface area contributed by atoms with Crippen molar-refractivity contribution >= 4 is 17.4 Å². The molecule has 1 N–H and O–H groups in total. The van der Waals surface area contributed by atoms with Gasteiger partial charge in [-0.25, -0.2) is 0 Å². The van der Waals surface area contributed by atoms with Gasteiger partial charge in [-0.2, -0.15) is 5.10 Å². The van der Waals surface area contributed by atoms with Crippen LogP contribution in [0.1, 0.15) is 16.1 Å². The third-order valence-electron chi connectivity index (χ3n) is 3.47. The number of ether oxygens (including phenoxy) is 3. The lowest BCUT2D eigenvalue weighted by atomic mass is 10.1. The summed E-state index contributed by atoms with van der Waals surface area (Å²) in [5.41, 5.74) is -0.0490. The fourth-order valence-corrected chi connectivity index (χ4v) is 2.41. The number of nitro benzene ring substituents is 1. The fraction of sp³-hybridized carbons (Fsp3) is 0.333. The number of hydrogen-bond acceptors (Lipinski definition) is 7. The van der Waals surface area contributed by atoms with Crippen LogP contribution < -0.4 is 19.5 Å². The van der Waals surface area contributed by atoms with Crippen molar-refractivity contribution in [3.05, 3.63) is 33.5 Å². The molecule has 0 bridgehead atoms. The lowest BCUT2D eigenvalue weighted by Gasteiger charge is -2.14. The molecule has 1 amide bonds. The van der Waals surface area contributed by atoms with Crippen molar-refractivity contribution in [2.75, 3.05) is 26.6 Å². The molecule has 10 nitrogen and oxygen atoms in total. The maximum absolute atomic E-state index is 12.6. The van der Waals surface area contributed by atoms with Crippen LogP contribution >= 0.6 is 0 Å². The van der Waals surface area contributed by atoms with E-state index >= 15 is 0 Å². The van der Waals surface area contributed by atoms with Crippen molar-refractivity contribution in [2.24, 2.45) is 7.05 Å². The summed E-state index contributed by atoms with van der Waals surface area (Å²) in [5.74, 6) is -0.335. The first-order valence-electron chi connectivity index (χ1n) is 7.13. The summed E-state index contributed by atoms with van der Waals surface area (Å²) in [6.07, 6.45) is 0. The number of methoxy groups -OCH3 is 3. The van der Waals surface area contributed by atoms with Gasteiger partial charge in [-0.15, -0.1) is 0 Å². The molecule has 0 saturated heterocycles. The van der Waals surface area contributed by atoms with Crippen LogP contribution in [0.3, 0.4) is 0 Å². The molecular weight excluding hydrogens is 332 g/mol. The van der Waals surface area contributed by atoms with Gasteiger partial charge in [-0.1, -0.05) is 0 Å². The second kappa shape index (κ2) is 7.07. The molecule has 0 radical (unpaired) electrons. The number of anilines is 1. The number of rotatable bonds is 6. The van der Waals surface area contributed by atoms with Crippen LogP contribution in [0.2, 0.25) is 0 Å². The summed E-state index contributed by atoms with van der Waals surface area (Å²) in [6.45, 7) is 1.76. The Morgan fingerprint density at radius 3 is 2.28 bits per heavy atom. The van der Waals surface area contributed by atoms with E-state index in [4.69, 9.17) is 14.2 Å². The molecule has 0 atom stereocenters. The third kappa shape index (κ3) is 3.32. The number of nitro groups is 1. The molecule has 25 heavy (non-hydrogen) atoms. The number of amides is 1. The topological polar surface area (TPSA) is 118 Å². The first kappa shape index (κ1) is 18.0. The molecule has 0 aliphatic heterocycles. The van der Waals surface area contributed by atoms with E-state index < -0.39 is 16.5 Å². The molecule has 0 aliphatic carbocycles. The van der Waals surface area contributed by atoms with Crippen molar-refractivity contribution in [3.8, 4) is 17.2 Å². The van der Waals surface area contributed by atoms with Gasteiger partial charge in [0.2, 0.25) is 11.5 Å². The van der Waals surface area contributed by atoms with Gasteiger partial charge in [-0.3, -0.25) is 19.6 Å². The summed E-state index contributed by atoms with van der Waals surface area (Å²) in [6, 6.07) is 2.87. The first-order valence-corrected chi connectivity index (χ1v) is 7.13. The van der Waals surface area contributed by atoms with Gasteiger partial charge in [0, 0.05) is 19.2 Å². The van der Waals surface area contributed by atoms with Gasteiger partial charge in [0.05, 0.1) is 31.9 Å². The smallest absolute Gasteiger partial charge is 0.327 e. The van der Waals surface area contributed by atoms with Crippen LogP contribution in [0.5, 0.6) is 17.2 Å². The Bertz CT molecular complexity index is 830. The zero-order chi connectivity index (χ0) is 18.7. The van der Waals surface area contributed by atoms with Crippen LogP contribution in [-0.4, -0.2) is 41.9 Å².